The topological polar surface area (TPSA) is 36.0 Å². The smallest absolute Gasteiger partial charge is 0.105 e. The number of aromatic nitrogens is 1. The molecule has 0 bridgehead atoms. The van der Waals surface area contributed by atoms with E-state index in [2.05, 4.69) is 18.0 Å². The monoisotopic (exact) mass is 251 g/mol. The molecule has 1 aromatic heterocycles. The zero-order valence-corrected chi connectivity index (χ0v) is 10.9. The highest BCUT2D eigenvalue weighted by Crippen LogP contribution is 2.30. The summed E-state index contributed by atoms with van der Waals surface area (Å²) in [5.41, 5.74) is 4.21. The van der Waals surface area contributed by atoms with Gasteiger partial charge in [0.2, 0.25) is 0 Å². The normalized spacial score (nSPS) is 12.7. The Morgan fingerprint density at radius 3 is 2.63 bits per heavy atom. The quantitative estimate of drug-likeness (QED) is 0.729. The molecule has 0 spiro atoms. The van der Waals surface area contributed by atoms with Crippen molar-refractivity contribution < 1.29 is 5.11 Å². The summed E-state index contributed by atoms with van der Waals surface area (Å²) < 4.78 is 0. The van der Waals surface area contributed by atoms with Gasteiger partial charge in [0.1, 0.15) is 6.10 Å². The second kappa shape index (κ2) is 4.90. The summed E-state index contributed by atoms with van der Waals surface area (Å²) in [4.78, 5) is 3.18. The van der Waals surface area contributed by atoms with Crippen molar-refractivity contribution >= 4 is 10.9 Å². The lowest BCUT2D eigenvalue weighted by molar-refractivity contribution is 0.221. The van der Waals surface area contributed by atoms with Gasteiger partial charge < -0.3 is 10.1 Å². The highest BCUT2D eigenvalue weighted by Gasteiger charge is 2.16. The second-order valence-corrected chi connectivity index (χ2v) is 4.74. The van der Waals surface area contributed by atoms with Crippen LogP contribution < -0.4 is 0 Å². The van der Waals surface area contributed by atoms with E-state index in [0.717, 1.165) is 28.5 Å². The average molecular weight is 251 g/mol. The van der Waals surface area contributed by atoms with Crippen molar-refractivity contribution in [3.63, 3.8) is 0 Å². The van der Waals surface area contributed by atoms with Crippen molar-refractivity contribution in [3.8, 4) is 0 Å². The van der Waals surface area contributed by atoms with Crippen molar-refractivity contribution in [1.82, 2.24) is 4.98 Å². The van der Waals surface area contributed by atoms with E-state index in [4.69, 9.17) is 0 Å². The molecular weight excluding hydrogens is 234 g/mol. The van der Waals surface area contributed by atoms with Crippen LogP contribution in [-0.2, 0) is 6.42 Å². The summed E-state index contributed by atoms with van der Waals surface area (Å²) in [6.45, 7) is 2.11. The molecule has 0 aliphatic carbocycles. The minimum atomic E-state index is -0.573. The summed E-state index contributed by atoms with van der Waals surface area (Å²) >= 11 is 0. The Balaban J connectivity index is 2.13. The lowest BCUT2D eigenvalue weighted by Crippen LogP contribution is -2.03. The fourth-order valence-electron chi connectivity index (χ4n) is 2.64. The SMILES string of the molecule is CCc1ccccc1C(O)c1cccc2[nH]ccc12. The minimum absolute atomic E-state index is 0.573. The lowest BCUT2D eigenvalue weighted by Gasteiger charge is -2.16. The van der Waals surface area contributed by atoms with Crippen LogP contribution in [0.1, 0.15) is 29.7 Å². The molecule has 0 saturated carbocycles. The van der Waals surface area contributed by atoms with Gasteiger partial charge in [0, 0.05) is 17.1 Å². The zero-order valence-electron chi connectivity index (χ0n) is 10.9. The van der Waals surface area contributed by atoms with Crippen LogP contribution in [0.3, 0.4) is 0 Å². The highest BCUT2D eigenvalue weighted by molar-refractivity contribution is 5.83. The van der Waals surface area contributed by atoms with E-state index < -0.39 is 6.10 Å². The molecule has 0 saturated heterocycles. The molecule has 0 aliphatic rings. The first-order valence-corrected chi connectivity index (χ1v) is 6.63. The van der Waals surface area contributed by atoms with Gasteiger partial charge in [-0.25, -0.2) is 0 Å². The van der Waals surface area contributed by atoms with Crippen molar-refractivity contribution in [2.24, 2.45) is 0 Å². The van der Waals surface area contributed by atoms with Crippen LogP contribution in [0.2, 0.25) is 0 Å². The molecule has 2 N–H and O–H groups in total. The predicted octanol–water partition coefficient (Wildman–Crippen LogP) is 3.81. The number of benzene rings is 2. The van der Waals surface area contributed by atoms with Gasteiger partial charge in [-0.2, -0.15) is 0 Å². The van der Waals surface area contributed by atoms with Gasteiger partial charge in [-0.1, -0.05) is 43.3 Å². The maximum atomic E-state index is 10.7. The first-order valence-electron chi connectivity index (χ1n) is 6.63. The van der Waals surface area contributed by atoms with Gasteiger partial charge in [-0.15, -0.1) is 0 Å². The average Bonchev–Trinajstić information content (AvgIpc) is 2.94. The van der Waals surface area contributed by atoms with Crippen LogP contribution in [-0.4, -0.2) is 10.1 Å². The number of hydrogen-bond donors (Lipinski definition) is 2. The summed E-state index contributed by atoms with van der Waals surface area (Å²) in [5, 5.41) is 11.8. The standard InChI is InChI=1S/C17H17NO/c1-2-12-6-3-4-7-13(12)17(19)15-8-5-9-16-14(15)10-11-18-16/h3-11,17-19H,2H2,1H3. The Labute approximate surface area is 112 Å². The summed E-state index contributed by atoms with van der Waals surface area (Å²) in [6.07, 6.45) is 2.26. The number of aliphatic hydroxyl groups excluding tert-OH is 1. The third-order valence-corrected chi connectivity index (χ3v) is 3.65. The largest absolute Gasteiger partial charge is 0.384 e. The van der Waals surface area contributed by atoms with Crippen LogP contribution in [0.4, 0.5) is 0 Å². The Kier molecular flexibility index (Phi) is 3.10. The van der Waals surface area contributed by atoms with Crippen molar-refractivity contribution in [1.29, 1.82) is 0 Å². The van der Waals surface area contributed by atoms with Crippen molar-refractivity contribution in [2.45, 2.75) is 19.4 Å². The van der Waals surface area contributed by atoms with E-state index in [1.165, 1.54) is 5.56 Å². The molecule has 3 rings (SSSR count). The second-order valence-electron chi connectivity index (χ2n) is 4.74. The van der Waals surface area contributed by atoms with E-state index in [0.29, 0.717) is 0 Å². The van der Waals surface area contributed by atoms with Crippen LogP contribution >= 0.6 is 0 Å². The van der Waals surface area contributed by atoms with E-state index in [1.54, 1.807) is 0 Å². The Bertz CT molecular complexity index is 699. The van der Waals surface area contributed by atoms with Gasteiger partial charge in [-0.05, 0) is 35.2 Å². The van der Waals surface area contributed by atoms with Gasteiger partial charge >= 0.3 is 0 Å². The fraction of sp³-hybridized carbons (Fsp3) is 0.176. The first kappa shape index (κ1) is 12.0. The number of aryl methyl sites for hydroxylation is 1. The molecule has 0 amide bonds. The molecule has 1 atom stereocenters. The van der Waals surface area contributed by atoms with Crippen LogP contribution in [0, 0.1) is 0 Å². The highest BCUT2D eigenvalue weighted by atomic mass is 16.3. The number of rotatable bonds is 3. The summed E-state index contributed by atoms with van der Waals surface area (Å²) in [5.74, 6) is 0. The third kappa shape index (κ3) is 2.04. The fourth-order valence-corrected chi connectivity index (χ4v) is 2.64. The molecule has 19 heavy (non-hydrogen) atoms. The van der Waals surface area contributed by atoms with Gasteiger partial charge in [0.15, 0.2) is 0 Å². The van der Waals surface area contributed by atoms with Crippen LogP contribution in [0.25, 0.3) is 10.9 Å². The molecule has 96 valence electrons. The summed E-state index contributed by atoms with van der Waals surface area (Å²) in [6, 6.07) is 16.1. The maximum Gasteiger partial charge on any atom is 0.105 e. The zero-order chi connectivity index (χ0) is 13.2. The maximum absolute atomic E-state index is 10.7. The van der Waals surface area contributed by atoms with E-state index in [-0.39, 0.29) is 0 Å². The molecule has 2 heteroatoms. The predicted molar refractivity (Wildman–Crippen MR) is 78.2 cm³/mol. The molecule has 0 radical (unpaired) electrons. The minimum Gasteiger partial charge on any atom is -0.384 e. The van der Waals surface area contributed by atoms with Crippen molar-refractivity contribution in [2.75, 3.05) is 0 Å². The number of nitrogens with one attached hydrogen (secondary N) is 1. The number of hydrogen-bond acceptors (Lipinski definition) is 1. The Hall–Kier alpha value is -2.06. The van der Waals surface area contributed by atoms with Gasteiger partial charge in [-0.3, -0.25) is 0 Å². The van der Waals surface area contributed by atoms with Gasteiger partial charge in [0.25, 0.3) is 0 Å². The molecule has 2 nitrogen and oxygen atoms in total. The van der Waals surface area contributed by atoms with E-state index in [9.17, 15) is 5.11 Å². The lowest BCUT2D eigenvalue weighted by atomic mass is 9.94. The van der Waals surface area contributed by atoms with Crippen LogP contribution in [0.5, 0.6) is 0 Å². The number of fused-ring (bicyclic) bond motifs is 1. The number of aliphatic hydroxyl groups is 1. The molecule has 2 aromatic carbocycles. The van der Waals surface area contributed by atoms with Gasteiger partial charge in [0.05, 0.1) is 0 Å². The third-order valence-electron chi connectivity index (χ3n) is 3.65. The van der Waals surface area contributed by atoms with Crippen LogP contribution in [0.15, 0.2) is 54.7 Å². The van der Waals surface area contributed by atoms with E-state index in [1.807, 2.05) is 48.7 Å². The molecule has 0 aliphatic heterocycles. The van der Waals surface area contributed by atoms with E-state index >= 15 is 0 Å². The van der Waals surface area contributed by atoms with Crippen molar-refractivity contribution in [3.05, 3.63) is 71.4 Å². The summed E-state index contributed by atoms with van der Waals surface area (Å²) in [7, 11) is 0. The molecule has 1 unspecified atom stereocenters. The first-order chi connectivity index (χ1) is 9.31. The number of aromatic amines is 1. The number of H-pyrrole nitrogens is 1. The molecule has 1 heterocycles. The molecule has 0 fully saturated rings. The molecule has 3 aromatic rings. The Morgan fingerprint density at radius 1 is 1.00 bits per heavy atom. The molecular formula is C17H17NO. The Morgan fingerprint density at radius 2 is 1.79 bits per heavy atom.